The Hall–Kier alpha value is -2.29. The van der Waals surface area contributed by atoms with Crippen molar-refractivity contribution in [2.75, 3.05) is 17.7 Å². The van der Waals surface area contributed by atoms with Gasteiger partial charge >= 0.3 is 0 Å². The van der Waals surface area contributed by atoms with Crippen LogP contribution in [-0.4, -0.2) is 13.0 Å². The minimum atomic E-state index is -0.0730. The molecule has 0 spiro atoms. The standard InChI is InChI=1S/C17H20N2O/c1-3-6-13-7-4-5-8-16(13)19-17(20)14-9-11-15(18-2)12-10-14/h4-5,7-12,18H,3,6H2,1-2H3,(H,19,20). The van der Waals surface area contributed by atoms with Crippen LogP contribution in [0, 0.1) is 0 Å². The summed E-state index contributed by atoms with van der Waals surface area (Å²) in [5.74, 6) is -0.0730. The lowest BCUT2D eigenvalue weighted by Crippen LogP contribution is -2.13. The minimum absolute atomic E-state index is 0.0730. The Morgan fingerprint density at radius 2 is 1.75 bits per heavy atom. The van der Waals surface area contributed by atoms with Crippen molar-refractivity contribution in [1.29, 1.82) is 0 Å². The highest BCUT2D eigenvalue weighted by Gasteiger charge is 2.08. The summed E-state index contributed by atoms with van der Waals surface area (Å²) in [6.07, 6.45) is 2.03. The third-order valence-corrected chi connectivity index (χ3v) is 3.22. The van der Waals surface area contributed by atoms with Gasteiger partial charge in [0.1, 0.15) is 0 Å². The number of carbonyl (C=O) groups is 1. The molecular weight excluding hydrogens is 248 g/mol. The van der Waals surface area contributed by atoms with Crippen molar-refractivity contribution < 1.29 is 4.79 Å². The summed E-state index contributed by atoms with van der Waals surface area (Å²) in [5.41, 5.74) is 3.73. The summed E-state index contributed by atoms with van der Waals surface area (Å²) in [6, 6.07) is 15.4. The number of benzene rings is 2. The number of rotatable bonds is 5. The molecule has 0 saturated heterocycles. The second-order valence-electron chi connectivity index (χ2n) is 4.69. The lowest BCUT2D eigenvalue weighted by molar-refractivity contribution is 0.102. The van der Waals surface area contributed by atoms with Gasteiger partial charge < -0.3 is 10.6 Å². The zero-order chi connectivity index (χ0) is 14.4. The van der Waals surface area contributed by atoms with Crippen molar-refractivity contribution >= 4 is 17.3 Å². The Morgan fingerprint density at radius 1 is 1.05 bits per heavy atom. The normalized spacial score (nSPS) is 10.1. The lowest BCUT2D eigenvalue weighted by atomic mass is 10.1. The fraction of sp³-hybridized carbons (Fsp3) is 0.235. The van der Waals surface area contributed by atoms with Crippen molar-refractivity contribution in [1.82, 2.24) is 0 Å². The van der Waals surface area contributed by atoms with Crippen LogP contribution in [0.5, 0.6) is 0 Å². The van der Waals surface area contributed by atoms with E-state index >= 15 is 0 Å². The molecule has 0 aliphatic carbocycles. The predicted octanol–water partition coefficient (Wildman–Crippen LogP) is 3.93. The molecule has 0 bridgehead atoms. The van der Waals surface area contributed by atoms with Crippen molar-refractivity contribution in [3.8, 4) is 0 Å². The van der Waals surface area contributed by atoms with Gasteiger partial charge in [0, 0.05) is 24.0 Å². The van der Waals surface area contributed by atoms with Crippen LogP contribution >= 0.6 is 0 Å². The Labute approximate surface area is 120 Å². The molecule has 0 saturated carbocycles. The van der Waals surface area contributed by atoms with Crippen LogP contribution in [0.3, 0.4) is 0 Å². The van der Waals surface area contributed by atoms with Gasteiger partial charge in [-0.2, -0.15) is 0 Å². The zero-order valence-electron chi connectivity index (χ0n) is 11.9. The fourth-order valence-electron chi connectivity index (χ4n) is 2.11. The van der Waals surface area contributed by atoms with E-state index in [4.69, 9.17) is 0 Å². The molecule has 20 heavy (non-hydrogen) atoms. The number of anilines is 2. The molecule has 2 aromatic carbocycles. The maximum Gasteiger partial charge on any atom is 0.255 e. The van der Waals surface area contributed by atoms with Gasteiger partial charge in [0.25, 0.3) is 5.91 Å². The van der Waals surface area contributed by atoms with Gasteiger partial charge in [-0.05, 0) is 42.3 Å². The Balaban J connectivity index is 2.14. The molecule has 0 aromatic heterocycles. The molecule has 0 fully saturated rings. The molecule has 2 N–H and O–H groups in total. The number of para-hydroxylation sites is 1. The van der Waals surface area contributed by atoms with Gasteiger partial charge in [-0.15, -0.1) is 0 Å². The van der Waals surface area contributed by atoms with Crippen LogP contribution < -0.4 is 10.6 Å². The smallest absolute Gasteiger partial charge is 0.255 e. The molecule has 2 rings (SSSR count). The maximum absolute atomic E-state index is 12.2. The molecule has 0 atom stereocenters. The van der Waals surface area contributed by atoms with Crippen molar-refractivity contribution in [2.24, 2.45) is 0 Å². The third-order valence-electron chi connectivity index (χ3n) is 3.22. The SMILES string of the molecule is CCCc1ccccc1NC(=O)c1ccc(NC)cc1. The molecule has 0 aliphatic rings. The average Bonchev–Trinajstić information content (AvgIpc) is 2.49. The molecule has 0 heterocycles. The van der Waals surface area contributed by atoms with E-state index in [2.05, 4.69) is 23.6 Å². The molecule has 0 radical (unpaired) electrons. The average molecular weight is 268 g/mol. The second-order valence-corrected chi connectivity index (χ2v) is 4.69. The molecule has 0 aliphatic heterocycles. The molecular formula is C17H20N2O. The largest absolute Gasteiger partial charge is 0.388 e. The predicted molar refractivity (Wildman–Crippen MR) is 84.4 cm³/mol. The van der Waals surface area contributed by atoms with Crippen LogP contribution in [0.15, 0.2) is 48.5 Å². The molecule has 2 aromatic rings. The van der Waals surface area contributed by atoms with Crippen molar-refractivity contribution in [2.45, 2.75) is 19.8 Å². The van der Waals surface area contributed by atoms with Gasteiger partial charge in [-0.1, -0.05) is 31.5 Å². The first-order valence-electron chi connectivity index (χ1n) is 6.91. The highest BCUT2D eigenvalue weighted by atomic mass is 16.1. The van der Waals surface area contributed by atoms with Crippen LogP contribution in [0.25, 0.3) is 0 Å². The van der Waals surface area contributed by atoms with Crippen LogP contribution in [0.4, 0.5) is 11.4 Å². The summed E-state index contributed by atoms with van der Waals surface area (Å²) in [4.78, 5) is 12.2. The Morgan fingerprint density at radius 3 is 2.40 bits per heavy atom. The highest BCUT2D eigenvalue weighted by Crippen LogP contribution is 2.18. The van der Waals surface area contributed by atoms with Crippen LogP contribution in [-0.2, 0) is 6.42 Å². The van der Waals surface area contributed by atoms with E-state index < -0.39 is 0 Å². The van der Waals surface area contributed by atoms with Gasteiger partial charge in [-0.3, -0.25) is 4.79 Å². The van der Waals surface area contributed by atoms with E-state index in [1.54, 1.807) is 0 Å². The minimum Gasteiger partial charge on any atom is -0.388 e. The number of hydrogen-bond acceptors (Lipinski definition) is 2. The molecule has 104 valence electrons. The van der Waals surface area contributed by atoms with E-state index in [0.717, 1.165) is 24.2 Å². The Bertz CT molecular complexity index is 576. The van der Waals surface area contributed by atoms with Gasteiger partial charge in [0.05, 0.1) is 0 Å². The number of nitrogens with one attached hydrogen (secondary N) is 2. The zero-order valence-corrected chi connectivity index (χ0v) is 11.9. The van der Waals surface area contributed by atoms with Gasteiger partial charge in [0.2, 0.25) is 0 Å². The van der Waals surface area contributed by atoms with Crippen LogP contribution in [0.1, 0.15) is 29.3 Å². The summed E-state index contributed by atoms with van der Waals surface area (Å²) in [7, 11) is 1.86. The number of carbonyl (C=O) groups excluding carboxylic acids is 1. The van der Waals surface area contributed by atoms with E-state index in [-0.39, 0.29) is 5.91 Å². The second kappa shape index (κ2) is 6.75. The van der Waals surface area contributed by atoms with E-state index in [1.165, 1.54) is 5.56 Å². The molecule has 3 nitrogen and oxygen atoms in total. The number of amides is 1. The summed E-state index contributed by atoms with van der Waals surface area (Å²) < 4.78 is 0. The first-order valence-corrected chi connectivity index (χ1v) is 6.91. The van der Waals surface area contributed by atoms with E-state index in [1.807, 2.05) is 49.5 Å². The number of hydrogen-bond donors (Lipinski definition) is 2. The maximum atomic E-state index is 12.2. The summed E-state index contributed by atoms with van der Waals surface area (Å²) in [6.45, 7) is 2.13. The summed E-state index contributed by atoms with van der Waals surface area (Å²) >= 11 is 0. The topological polar surface area (TPSA) is 41.1 Å². The third kappa shape index (κ3) is 3.38. The quantitative estimate of drug-likeness (QED) is 0.862. The molecule has 1 amide bonds. The highest BCUT2D eigenvalue weighted by molar-refractivity contribution is 6.04. The molecule has 3 heteroatoms. The molecule has 0 unspecified atom stereocenters. The summed E-state index contributed by atoms with van der Waals surface area (Å²) in [5, 5.41) is 6.03. The lowest BCUT2D eigenvalue weighted by Gasteiger charge is -2.10. The van der Waals surface area contributed by atoms with Crippen LogP contribution in [0.2, 0.25) is 0 Å². The van der Waals surface area contributed by atoms with Crippen molar-refractivity contribution in [3.63, 3.8) is 0 Å². The van der Waals surface area contributed by atoms with Crippen molar-refractivity contribution in [3.05, 3.63) is 59.7 Å². The van der Waals surface area contributed by atoms with Gasteiger partial charge in [-0.25, -0.2) is 0 Å². The monoisotopic (exact) mass is 268 g/mol. The fourth-order valence-corrected chi connectivity index (χ4v) is 2.11. The Kier molecular flexibility index (Phi) is 4.77. The number of aryl methyl sites for hydroxylation is 1. The first kappa shape index (κ1) is 14.1. The van der Waals surface area contributed by atoms with E-state index in [9.17, 15) is 4.79 Å². The first-order chi connectivity index (χ1) is 9.74. The van der Waals surface area contributed by atoms with Gasteiger partial charge in [0.15, 0.2) is 0 Å². The van der Waals surface area contributed by atoms with E-state index in [0.29, 0.717) is 5.56 Å².